The quantitative estimate of drug-likeness (QED) is 0.633. The van der Waals surface area contributed by atoms with Gasteiger partial charge < -0.3 is 5.11 Å². The number of rotatable bonds is 3. The van der Waals surface area contributed by atoms with Crippen molar-refractivity contribution in [3.05, 3.63) is 65.4 Å². The van der Waals surface area contributed by atoms with E-state index in [1.165, 1.54) is 42.4 Å². The monoisotopic (exact) mass is 382 g/mol. The van der Waals surface area contributed by atoms with Crippen molar-refractivity contribution in [3.63, 3.8) is 0 Å². The van der Waals surface area contributed by atoms with E-state index < -0.39 is 11.7 Å². The van der Waals surface area contributed by atoms with Gasteiger partial charge in [0.15, 0.2) is 0 Å². The van der Waals surface area contributed by atoms with Crippen LogP contribution in [0, 0.1) is 0 Å². The number of nitrogens with zero attached hydrogens (tertiary/aromatic N) is 2. The summed E-state index contributed by atoms with van der Waals surface area (Å²) >= 11 is 7.12. The Morgan fingerprint density at radius 2 is 1.64 bits per heavy atom. The average molecular weight is 383 g/mol. The molecule has 2 aromatic carbocycles. The molecule has 3 nitrogen and oxygen atoms in total. The van der Waals surface area contributed by atoms with Gasteiger partial charge >= 0.3 is 6.18 Å². The topological polar surface area (TPSA) is 46.0 Å². The van der Waals surface area contributed by atoms with Gasteiger partial charge in [-0.15, -0.1) is 0 Å². The summed E-state index contributed by atoms with van der Waals surface area (Å²) in [7, 11) is 0. The second-order valence-electron chi connectivity index (χ2n) is 5.00. The maximum atomic E-state index is 12.6. The molecule has 1 aromatic heterocycles. The molecule has 0 unspecified atom stereocenters. The Morgan fingerprint density at radius 1 is 0.960 bits per heavy atom. The minimum atomic E-state index is -4.37. The number of phenolic OH excluding ortho intramolecular Hbond substituents is 1. The number of aromatic hydroxyl groups is 1. The second-order valence-corrected chi connectivity index (χ2v) is 6.47. The molecule has 0 amide bonds. The van der Waals surface area contributed by atoms with Crippen LogP contribution >= 0.6 is 23.4 Å². The van der Waals surface area contributed by atoms with E-state index in [2.05, 4.69) is 9.97 Å². The fourth-order valence-electron chi connectivity index (χ4n) is 2.08. The fraction of sp³-hybridized carbons (Fsp3) is 0.0588. The van der Waals surface area contributed by atoms with E-state index in [0.29, 0.717) is 21.2 Å². The summed E-state index contributed by atoms with van der Waals surface area (Å²) in [4.78, 5) is 9.11. The third-order valence-electron chi connectivity index (χ3n) is 3.28. The Morgan fingerprint density at radius 3 is 2.28 bits per heavy atom. The Bertz CT molecular complexity index is 901. The number of halogens is 4. The summed E-state index contributed by atoms with van der Waals surface area (Å²) in [6, 6.07) is 9.45. The lowest BCUT2D eigenvalue weighted by molar-refractivity contribution is -0.137. The summed E-state index contributed by atoms with van der Waals surface area (Å²) in [5.74, 6) is -0.0498. The number of aromatic nitrogens is 2. The molecule has 3 rings (SSSR count). The third kappa shape index (κ3) is 4.05. The zero-order chi connectivity index (χ0) is 18.0. The molecular formula is C17H10ClF3N2OS. The Balaban J connectivity index is 1.92. The molecule has 1 N–H and O–H groups in total. The number of alkyl halides is 3. The van der Waals surface area contributed by atoms with Gasteiger partial charge in [0, 0.05) is 22.9 Å². The lowest BCUT2D eigenvalue weighted by atomic mass is 10.1. The van der Waals surface area contributed by atoms with Crippen molar-refractivity contribution >= 4 is 23.4 Å². The van der Waals surface area contributed by atoms with E-state index in [9.17, 15) is 18.3 Å². The Labute approximate surface area is 150 Å². The van der Waals surface area contributed by atoms with Crippen LogP contribution in [0.25, 0.3) is 11.3 Å². The summed E-state index contributed by atoms with van der Waals surface area (Å²) in [6.07, 6.45) is -1.37. The molecule has 0 atom stereocenters. The van der Waals surface area contributed by atoms with Crippen LogP contribution < -0.4 is 0 Å². The van der Waals surface area contributed by atoms with Crippen LogP contribution in [-0.4, -0.2) is 15.1 Å². The van der Waals surface area contributed by atoms with Crippen molar-refractivity contribution < 1.29 is 18.3 Å². The molecule has 0 aliphatic carbocycles. The minimum Gasteiger partial charge on any atom is -0.506 e. The van der Waals surface area contributed by atoms with E-state index in [1.807, 2.05) is 0 Å². The summed E-state index contributed by atoms with van der Waals surface area (Å²) in [5, 5.41) is 10.2. The van der Waals surface area contributed by atoms with E-state index in [4.69, 9.17) is 11.6 Å². The normalized spacial score (nSPS) is 11.5. The first-order valence-electron chi connectivity index (χ1n) is 6.99. The van der Waals surface area contributed by atoms with Crippen LogP contribution in [0.4, 0.5) is 13.2 Å². The van der Waals surface area contributed by atoms with Crippen molar-refractivity contribution in [1.82, 2.24) is 9.97 Å². The maximum Gasteiger partial charge on any atom is 0.416 e. The molecule has 0 aliphatic rings. The lowest BCUT2D eigenvalue weighted by Gasteiger charge is -2.09. The van der Waals surface area contributed by atoms with Gasteiger partial charge in [-0.25, -0.2) is 4.98 Å². The van der Waals surface area contributed by atoms with Crippen LogP contribution in [0.1, 0.15) is 5.56 Å². The van der Waals surface area contributed by atoms with Gasteiger partial charge in [-0.3, -0.25) is 4.98 Å². The first-order chi connectivity index (χ1) is 11.8. The van der Waals surface area contributed by atoms with Crippen molar-refractivity contribution in [3.8, 4) is 17.0 Å². The van der Waals surface area contributed by atoms with Gasteiger partial charge in [0.25, 0.3) is 0 Å². The predicted molar refractivity (Wildman–Crippen MR) is 89.7 cm³/mol. The largest absolute Gasteiger partial charge is 0.506 e. The molecule has 8 heteroatoms. The molecule has 0 aliphatic heterocycles. The molecule has 1 heterocycles. The van der Waals surface area contributed by atoms with Crippen molar-refractivity contribution in [1.29, 1.82) is 0 Å². The zero-order valence-corrected chi connectivity index (χ0v) is 14.0. The minimum absolute atomic E-state index is 0.0498. The van der Waals surface area contributed by atoms with Crippen LogP contribution in [0.5, 0.6) is 5.75 Å². The smallest absolute Gasteiger partial charge is 0.416 e. The molecule has 0 fully saturated rings. The molecule has 0 bridgehead atoms. The van der Waals surface area contributed by atoms with Crippen molar-refractivity contribution in [2.45, 2.75) is 16.1 Å². The molecule has 0 saturated heterocycles. The van der Waals surface area contributed by atoms with E-state index in [0.717, 1.165) is 12.1 Å². The number of hydrogen-bond donors (Lipinski definition) is 1. The number of phenols is 1. The van der Waals surface area contributed by atoms with Crippen LogP contribution in [0.3, 0.4) is 0 Å². The third-order valence-corrected chi connectivity index (χ3v) is 4.58. The number of benzene rings is 2. The fourth-order valence-corrected chi connectivity index (χ4v) is 3.13. The van der Waals surface area contributed by atoms with Crippen LogP contribution in [0.2, 0.25) is 5.02 Å². The summed E-state index contributed by atoms with van der Waals surface area (Å²) < 4.78 is 37.9. The predicted octanol–water partition coefficient (Wildman–Crippen LogP) is 5.67. The highest BCUT2D eigenvalue weighted by molar-refractivity contribution is 7.99. The first kappa shape index (κ1) is 17.6. The molecule has 0 spiro atoms. The van der Waals surface area contributed by atoms with Gasteiger partial charge in [0.05, 0.1) is 10.6 Å². The molecule has 128 valence electrons. The highest BCUT2D eigenvalue weighted by Crippen LogP contribution is 2.37. The van der Waals surface area contributed by atoms with Gasteiger partial charge in [0.1, 0.15) is 16.5 Å². The molecule has 25 heavy (non-hydrogen) atoms. The van der Waals surface area contributed by atoms with Crippen molar-refractivity contribution in [2.24, 2.45) is 0 Å². The van der Waals surface area contributed by atoms with Crippen LogP contribution in [-0.2, 0) is 6.18 Å². The number of hydrogen-bond acceptors (Lipinski definition) is 4. The molecule has 3 aromatic rings. The van der Waals surface area contributed by atoms with Gasteiger partial charge in [-0.1, -0.05) is 23.4 Å². The average Bonchev–Trinajstić information content (AvgIpc) is 2.58. The Hall–Kier alpha value is -2.25. The maximum absolute atomic E-state index is 12.6. The SMILES string of the molecule is Oc1ccc(-c2nccnc2Sc2ccc(C(F)(F)F)cc2)cc1Cl. The zero-order valence-electron chi connectivity index (χ0n) is 12.5. The van der Waals surface area contributed by atoms with Crippen molar-refractivity contribution in [2.75, 3.05) is 0 Å². The Kier molecular flexibility index (Phi) is 4.87. The van der Waals surface area contributed by atoms with Crippen LogP contribution in [0.15, 0.2) is 64.8 Å². The summed E-state index contributed by atoms with van der Waals surface area (Å²) in [6.45, 7) is 0. The lowest BCUT2D eigenvalue weighted by Crippen LogP contribution is -2.03. The van der Waals surface area contributed by atoms with E-state index in [1.54, 1.807) is 12.1 Å². The standard InChI is InChI=1S/C17H10ClF3N2OS/c18-13-9-10(1-6-14(13)24)15-16(23-8-7-22-15)25-12-4-2-11(3-5-12)17(19,20)21/h1-9,24H. The van der Waals surface area contributed by atoms with E-state index >= 15 is 0 Å². The first-order valence-corrected chi connectivity index (χ1v) is 8.19. The molecular weight excluding hydrogens is 373 g/mol. The van der Waals surface area contributed by atoms with Gasteiger partial charge in [-0.05, 0) is 42.5 Å². The highest BCUT2D eigenvalue weighted by atomic mass is 35.5. The molecule has 0 saturated carbocycles. The van der Waals surface area contributed by atoms with Gasteiger partial charge in [-0.2, -0.15) is 13.2 Å². The second kappa shape index (κ2) is 6.93. The highest BCUT2D eigenvalue weighted by Gasteiger charge is 2.30. The summed E-state index contributed by atoms with van der Waals surface area (Å²) in [5.41, 5.74) is 0.459. The molecule has 0 radical (unpaired) electrons. The van der Waals surface area contributed by atoms with E-state index in [-0.39, 0.29) is 10.8 Å². The van der Waals surface area contributed by atoms with Gasteiger partial charge in [0.2, 0.25) is 0 Å².